The van der Waals surface area contributed by atoms with E-state index >= 15 is 0 Å². The maximum Gasteiger partial charge on any atom is 0.265 e. The molecule has 5 nitrogen and oxygen atoms in total. The summed E-state index contributed by atoms with van der Waals surface area (Å²) < 4.78 is 22.9. The molecule has 1 amide bonds. The monoisotopic (exact) mass is 288 g/mol. The first-order chi connectivity index (χ1) is 8.30. The van der Waals surface area contributed by atoms with E-state index in [2.05, 4.69) is 4.98 Å². The summed E-state index contributed by atoms with van der Waals surface area (Å²) >= 11 is 1.36. The van der Waals surface area contributed by atoms with Crippen molar-refractivity contribution in [2.24, 2.45) is 0 Å². The molecule has 1 aromatic heterocycles. The van der Waals surface area contributed by atoms with Gasteiger partial charge in [-0.2, -0.15) is 0 Å². The van der Waals surface area contributed by atoms with E-state index in [4.69, 9.17) is 0 Å². The molecule has 0 radical (unpaired) electrons. The van der Waals surface area contributed by atoms with E-state index in [1.807, 2.05) is 6.92 Å². The molecular formula is C11H16N2O3S2. The third-order valence-electron chi connectivity index (χ3n) is 3.17. The van der Waals surface area contributed by atoms with Crippen LogP contribution in [0.4, 0.5) is 0 Å². The van der Waals surface area contributed by atoms with Crippen LogP contribution in [0.15, 0.2) is 0 Å². The average molecular weight is 288 g/mol. The third kappa shape index (κ3) is 2.56. The highest BCUT2D eigenvalue weighted by Gasteiger charge is 2.33. The van der Waals surface area contributed by atoms with Crippen LogP contribution in [0.2, 0.25) is 0 Å². The van der Waals surface area contributed by atoms with Gasteiger partial charge >= 0.3 is 0 Å². The molecule has 0 saturated carbocycles. The second kappa shape index (κ2) is 4.62. The third-order valence-corrected chi connectivity index (χ3v) is 5.99. The second-order valence-electron chi connectivity index (χ2n) is 4.62. The fourth-order valence-corrected chi connectivity index (χ4v) is 4.81. The highest BCUT2D eigenvalue weighted by molar-refractivity contribution is 7.91. The number of amides is 1. The minimum Gasteiger partial charge on any atom is -0.337 e. The lowest BCUT2D eigenvalue weighted by atomic mass is 10.2. The van der Waals surface area contributed by atoms with Crippen LogP contribution >= 0.6 is 11.3 Å². The summed E-state index contributed by atoms with van der Waals surface area (Å²) in [4.78, 5) is 18.7. The highest BCUT2D eigenvalue weighted by atomic mass is 32.2. The Kier molecular flexibility index (Phi) is 3.46. The summed E-state index contributed by atoms with van der Waals surface area (Å²) in [7, 11) is -1.30. The van der Waals surface area contributed by atoms with Gasteiger partial charge in [0.2, 0.25) is 0 Å². The van der Waals surface area contributed by atoms with Gasteiger partial charge < -0.3 is 4.90 Å². The number of aryl methyl sites for hydroxylation is 2. The largest absolute Gasteiger partial charge is 0.337 e. The number of aromatic nitrogens is 1. The van der Waals surface area contributed by atoms with Crippen molar-refractivity contribution >= 4 is 27.1 Å². The Morgan fingerprint density at radius 3 is 2.56 bits per heavy atom. The Bertz CT molecular complexity index is 577. The van der Waals surface area contributed by atoms with Gasteiger partial charge in [0.1, 0.15) is 4.88 Å². The van der Waals surface area contributed by atoms with Crippen molar-refractivity contribution in [3.05, 3.63) is 15.6 Å². The summed E-state index contributed by atoms with van der Waals surface area (Å²) in [5.41, 5.74) is 0.718. The van der Waals surface area contributed by atoms with Crippen LogP contribution in [0, 0.1) is 13.8 Å². The molecule has 100 valence electrons. The number of thiazole rings is 1. The van der Waals surface area contributed by atoms with E-state index in [-0.39, 0.29) is 23.5 Å². The van der Waals surface area contributed by atoms with Crippen molar-refractivity contribution in [2.45, 2.75) is 26.3 Å². The first-order valence-electron chi connectivity index (χ1n) is 5.72. The minimum absolute atomic E-state index is 0.0755. The maximum atomic E-state index is 12.3. The van der Waals surface area contributed by atoms with Gasteiger partial charge in [0.15, 0.2) is 9.84 Å². The molecule has 0 aromatic carbocycles. The van der Waals surface area contributed by atoms with E-state index in [9.17, 15) is 13.2 Å². The molecular weight excluding hydrogens is 272 g/mol. The molecule has 0 spiro atoms. The smallest absolute Gasteiger partial charge is 0.265 e. The number of hydrogen-bond donors (Lipinski definition) is 0. The van der Waals surface area contributed by atoms with E-state index in [0.29, 0.717) is 11.3 Å². The molecule has 1 fully saturated rings. The fraction of sp³-hybridized carbons (Fsp3) is 0.636. The molecule has 1 unspecified atom stereocenters. The molecule has 18 heavy (non-hydrogen) atoms. The van der Waals surface area contributed by atoms with Gasteiger partial charge in [-0.25, -0.2) is 13.4 Å². The predicted molar refractivity (Wildman–Crippen MR) is 70.7 cm³/mol. The maximum absolute atomic E-state index is 12.3. The number of sulfone groups is 1. The zero-order chi connectivity index (χ0) is 13.5. The Balaban J connectivity index is 2.17. The van der Waals surface area contributed by atoms with Gasteiger partial charge in [0, 0.05) is 13.1 Å². The molecule has 1 saturated heterocycles. The highest BCUT2D eigenvalue weighted by Crippen LogP contribution is 2.23. The number of carbonyl (C=O) groups excluding carboxylic acids is 1. The summed E-state index contributed by atoms with van der Waals surface area (Å²) in [6.07, 6.45) is 0.529. The SMILES string of the molecule is Cc1nc(C)c(C(=O)N(C)C2CCS(=O)(=O)C2)s1. The Morgan fingerprint density at radius 1 is 1.44 bits per heavy atom. The molecule has 7 heteroatoms. The lowest BCUT2D eigenvalue weighted by Crippen LogP contribution is -2.37. The molecule has 1 aromatic rings. The van der Waals surface area contributed by atoms with Crippen LogP contribution in [-0.2, 0) is 9.84 Å². The lowest BCUT2D eigenvalue weighted by Gasteiger charge is -2.22. The molecule has 2 heterocycles. The summed E-state index contributed by atoms with van der Waals surface area (Å²) in [6, 6.07) is -0.204. The van der Waals surface area contributed by atoms with Crippen molar-refractivity contribution in [3.63, 3.8) is 0 Å². The Hall–Kier alpha value is -0.950. The quantitative estimate of drug-likeness (QED) is 0.815. The van der Waals surface area contributed by atoms with Gasteiger partial charge in [0.25, 0.3) is 5.91 Å². The number of hydrogen-bond acceptors (Lipinski definition) is 5. The van der Waals surface area contributed by atoms with Gasteiger partial charge in [-0.05, 0) is 20.3 Å². The van der Waals surface area contributed by atoms with E-state index in [1.54, 1.807) is 18.9 Å². The molecule has 0 aliphatic carbocycles. The van der Waals surface area contributed by atoms with Crippen LogP contribution < -0.4 is 0 Å². The molecule has 1 aliphatic heterocycles. The predicted octanol–water partition coefficient (Wildman–Crippen LogP) is 1.02. The molecule has 2 rings (SSSR count). The van der Waals surface area contributed by atoms with Crippen LogP contribution in [0.3, 0.4) is 0 Å². The first kappa shape index (κ1) is 13.5. The van der Waals surface area contributed by atoms with Crippen molar-refractivity contribution in [2.75, 3.05) is 18.6 Å². The normalized spacial score (nSPS) is 22.1. The molecule has 0 bridgehead atoms. The van der Waals surface area contributed by atoms with E-state index in [1.165, 1.54) is 11.3 Å². The number of nitrogens with zero attached hydrogens (tertiary/aromatic N) is 2. The number of rotatable bonds is 2. The van der Waals surface area contributed by atoms with Gasteiger partial charge in [-0.15, -0.1) is 11.3 Å². The van der Waals surface area contributed by atoms with Crippen molar-refractivity contribution in [1.29, 1.82) is 0 Å². The molecule has 0 N–H and O–H groups in total. The average Bonchev–Trinajstić information content (AvgIpc) is 2.79. The van der Waals surface area contributed by atoms with E-state index in [0.717, 1.165) is 10.7 Å². The first-order valence-corrected chi connectivity index (χ1v) is 8.35. The van der Waals surface area contributed by atoms with Gasteiger partial charge in [-0.3, -0.25) is 4.79 Å². The zero-order valence-electron chi connectivity index (χ0n) is 10.6. The molecule has 1 atom stereocenters. The topological polar surface area (TPSA) is 67.3 Å². The van der Waals surface area contributed by atoms with Crippen LogP contribution in [0.1, 0.15) is 26.8 Å². The van der Waals surface area contributed by atoms with Crippen molar-refractivity contribution in [3.8, 4) is 0 Å². The number of carbonyl (C=O) groups is 1. The van der Waals surface area contributed by atoms with E-state index < -0.39 is 9.84 Å². The summed E-state index contributed by atoms with van der Waals surface area (Å²) in [6.45, 7) is 3.66. The zero-order valence-corrected chi connectivity index (χ0v) is 12.3. The van der Waals surface area contributed by atoms with Crippen molar-refractivity contribution < 1.29 is 13.2 Å². The summed E-state index contributed by atoms with van der Waals surface area (Å²) in [5.74, 6) is 0.127. The Labute approximate surface area is 111 Å². The fourth-order valence-electron chi connectivity index (χ4n) is 2.14. The Morgan fingerprint density at radius 2 is 2.11 bits per heavy atom. The van der Waals surface area contributed by atoms with Gasteiger partial charge in [-0.1, -0.05) is 0 Å². The van der Waals surface area contributed by atoms with Crippen molar-refractivity contribution in [1.82, 2.24) is 9.88 Å². The van der Waals surface area contributed by atoms with Crippen LogP contribution in [0.25, 0.3) is 0 Å². The van der Waals surface area contributed by atoms with Gasteiger partial charge in [0.05, 0.1) is 22.2 Å². The lowest BCUT2D eigenvalue weighted by molar-refractivity contribution is 0.0751. The van der Waals surface area contributed by atoms with Crippen LogP contribution in [-0.4, -0.2) is 48.8 Å². The summed E-state index contributed by atoms with van der Waals surface area (Å²) in [5, 5.41) is 0.850. The second-order valence-corrected chi connectivity index (χ2v) is 8.05. The van der Waals surface area contributed by atoms with Crippen LogP contribution in [0.5, 0.6) is 0 Å². The standard InChI is InChI=1S/C11H16N2O3S2/c1-7-10(17-8(2)12-7)11(14)13(3)9-4-5-18(15,16)6-9/h9H,4-6H2,1-3H3. The molecule has 1 aliphatic rings. The minimum atomic E-state index is -2.97.